The molecule has 1 saturated heterocycles. The lowest BCUT2D eigenvalue weighted by atomic mass is 10.1. The topological polar surface area (TPSA) is 53.5 Å². The molecule has 154 valence electrons. The molecule has 0 saturated carbocycles. The number of ketones is 1. The Kier molecular flexibility index (Phi) is 5.95. The van der Waals surface area contributed by atoms with E-state index in [1.165, 1.54) is 16.9 Å². The van der Waals surface area contributed by atoms with Crippen LogP contribution in [-0.4, -0.2) is 47.8 Å². The second-order valence-electron chi connectivity index (χ2n) is 7.47. The molecule has 1 aliphatic rings. The lowest BCUT2D eigenvalue weighted by Crippen LogP contribution is -2.48. The lowest BCUT2D eigenvalue weighted by molar-refractivity contribution is 0.0741. The van der Waals surface area contributed by atoms with E-state index in [0.717, 1.165) is 41.3 Å². The van der Waals surface area contributed by atoms with Crippen LogP contribution in [0.15, 0.2) is 53.9 Å². The summed E-state index contributed by atoms with van der Waals surface area (Å²) in [5, 5.41) is 2.74. The molecule has 5 nitrogen and oxygen atoms in total. The fourth-order valence-electron chi connectivity index (χ4n) is 3.62. The lowest BCUT2D eigenvalue weighted by Gasteiger charge is -2.35. The standard InChI is InChI=1S/C24H25N3O2S/c1-3-18-4-6-20(7-5-18)23-25-22(16-30-23)24(29)27-14-12-26(13-15-27)21-10-8-19(9-11-21)17(2)28/h4-11,16H,3,12-15H2,1-2H3. The van der Waals surface area contributed by atoms with Crippen LogP contribution in [0.25, 0.3) is 10.6 Å². The van der Waals surface area contributed by atoms with Gasteiger partial charge in [-0.05, 0) is 43.2 Å². The number of piperazine rings is 1. The number of carbonyl (C=O) groups is 2. The van der Waals surface area contributed by atoms with Crippen molar-refractivity contribution in [2.75, 3.05) is 31.1 Å². The highest BCUT2D eigenvalue weighted by Crippen LogP contribution is 2.25. The zero-order valence-electron chi connectivity index (χ0n) is 17.3. The third kappa shape index (κ3) is 4.28. The molecule has 1 aliphatic heterocycles. The molecule has 1 fully saturated rings. The Morgan fingerprint density at radius 1 is 0.967 bits per heavy atom. The number of aryl methyl sites for hydroxylation is 1. The maximum Gasteiger partial charge on any atom is 0.273 e. The number of benzene rings is 2. The summed E-state index contributed by atoms with van der Waals surface area (Å²) in [6.45, 7) is 6.55. The van der Waals surface area contributed by atoms with E-state index in [4.69, 9.17) is 0 Å². The van der Waals surface area contributed by atoms with Crippen LogP contribution >= 0.6 is 11.3 Å². The zero-order chi connectivity index (χ0) is 21.1. The minimum Gasteiger partial charge on any atom is -0.368 e. The highest BCUT2D eigenvalue weighted by atomic mass is 32.1. The SMILES string of the molecule is CCc1ccc(-c2nc(C(=O)N3CCN(c4ccc(C(C)=O)cc4)CC3)cs2)cc1. The van der Waals surface area contributed by atoms with Gasteiger partial charge in [0.2, 0.25) is 0 Å². The van der Waals surface area contributed by atoms with Gasteiger partial charge in [-0.3, -0.25) is 9.59 Å². The van der Waals surface area contributed by atoms with E-state index in [0.29, 0.717) is 18.8 Å². The number of amides is 1. The van der Waals surface area contributed by atoms with Gasteiger partial charge in [0.25, 0.3) is 5.91 Å². The highest BCUT2D eigenvalue weighted by molar-refractivity contribution is 7.13. The van der Waals surface area contributed by atoms with E-state index < -0.39 is 0 Å². The van der Waals surface area contributed by atoms with E-state index in [-0.39, 0.29) is 11.7 Å². The van der Waals surface area contributed by atoms with Crippen LogP contribution in [-0.2, 0) is 6.42 Å². The molecular formula is C24H25N3O2S. The molecule has 0 spiro atoms. The molecule has 3 aromatic rings. The van der Waals surface area contributed by atoms with Crippen molar-refractivity contribution in [3.8, 4) is 10.6 Å². The molecule has 1 amide bonds. The van der Waals surface area contributed by atoms with Crippen molar-refractivity contribution in [2.24, 2.45) is 0 Å². The Balaban J connectivity index is 1.38. The van der Waals surface area contributed by atoms with Gasteiger partial charge in [0.15, 0.2) is 5.78 Å². The molecule has 0 radical (unpaired) electrons. The molecule has 4 rings (SSSR count). The number of aromatic nitrogens is 1. The maximum absolute atomic E-state index is 12.9. The second kappa shape index (κ2) is 8.79. The summed E-state index contributed by atoms with van der Waals surface area (Å²) in [7, 11) is 0. The number of thiazole rings is 1. The molecule has 2 aromatic carbocycles. The van der Waals surface area contributed by atoms with E-state index in [2.05, 4.69) is 41.1 Å². The van der Waals surface area contributed by atoms with Crippen LogP contribution in [0.1, 0.15) is 40.3 Å². The van der Waals surface area contributed by atoms with Gasteiger partial charge in [0.1, 0.15) is 10.7 Å². The first kappa shape index (κ1) is 20.3. The molecular weight excluding hydrogens is 394 g/mol. The number of carbonyl (C=O) groups excluding carboxylic acids is 2. The summed E-state index contributed by atoms with van der Waals surface area (Å²) in [6, 6.07) is 16.0. The van der Waals surface area contributed by atoms with E-state index in [1.54, 1.807) is 6.92 Å². The van der Waals surface area contributed by atoms with Crippen molar-refractivity contribution in [1.29, 1.82) is 0 Å². The summed E-state index contributed by atoms with van der Waals surface area (Å²) in [6.07, 6.45) is 1.01. The van der Waals surface area contributed by atoms with Gasteiger partial charge >= 0.3 is 0 Å². The fraction of sp³-hybridized carbons (Fsp3) is 0.292. The van der Waals surface area contributed by atoms with Crippen LogP contribution < -0.4 is 4.90 Å². The quantitative estimate of drug-likeness (QED) is 0.570. The van der Waals surface area contributed by atoms with Gasteiger partial charge in [-0.2, -0.15) is 0 Å². The Morgan fingerprint density at radius 3 is 2.23 bits per heavy atom. The highest BCUT2D eigenvalue weighted by Gasteiger charge is 2.24. The van der Waals surface area contributed by atoms with Crippen molar-refractivity contribution >= 4 is 28.7 Å². The predicted molar refractivity (Wildman–Crippen MR) is 121 cm³/mol. The van der Waals surface area contributed by atoms with Crippen LogP contribution in [0.2, 0.25) is 0 Å². The number of anilines is 1. The fourth-order valence-corrected chi connectivity index (χ4v) is 4.42. The van der Waals surface area contributed by atoms with Gasteiger partial charge in [-0.1, -0.05) is 31.2 Å². The summed E-state index contributed by atoms with van der Waals surface area (Å²) < 4.78 is 0. The number of rotatable bonds is 5. The van der Waals surface area contributed by atoms with Crippen molar-refractivity contribution in [3.63, 3.8) is 0 Å². The van der Waals surface area contributed by atoms with E-state index in [1.807, 2.05) is 34.5 Å². The van der Waals surface area contributed by atoms with Crippen molar-refractivity contribution < 1.29 is 9.59 Å². The minimum atomic E-state index is -0.00532. The minimum absolute atomic E-state index is 0.00532. The molecule has 2 heterocycles. The molecule has 0 N–H and O–H groups in total. The summed E-state index contributed by atoms with van der Waals surface area (Å²) in [5.41, 5.74) is 4.67. The summed E-state index contributed by atoms with van der Waals surface area (Å²) in [5.74, 6) is 0.0650. The van der Waals surface area contributed by atoms with Gasteiger partial charge in [0, 0.05) is 48.4 Å². The summed E-state index contributed by atoms with van der Waals surface area (Å²) in [4.78, 5) is 33.1. The smallest absolute Gasteiger partial charge is 0.273 e. The largest absolute Gasteiger partial charge is 0.368 e. The van der Waals surface area contributed by atoms with Crippen LogP contribution in [0.4, 0.5) is 5.69 Å². The molecule has 1 aromatic heterocycles. The van der Waals surface area contributed by atoms with Crippen molar-refractivity contribution in [1.82, 2.24) is 9.88 Å². The van der Waals surface area contributed by atoms with E-state index >= 15 is 0 Å². The third-order valence-corrected chi connectivity index (χ3v) is 6.43. The van der Waals surface area contributed by atoms with Crippen LogP contribution in [0, 0.1) is 0 Å². The molecule has 0 unspecified atom stereocenters. The van der Waals surface area contributed by atoms with Gasteiger partial charge in [-0.25, -0.2) is 4.98 Å². The Bertz CT molecular complexity index is 1030. The van der Waals surface area contributed by atoms with Gasteiger partial charge in [0.05, 0.1) is 0 Å². The first-order valence-corrected chi connectivity index (χ1v) is 11.1. The molecule has 6 heteroatoms. The van der Waals surface area contributed by atoms with Gasteiger partial charge in [-0.15, -0.1) is 11.3 Å². The van der Waals surface area contributed by atoms with Crippen molar-refractivity contribution in [3.05, 3.63) is 70.7 Å². The molecule has 30 heavy (non-hydrogen) atoms. The predicted octanol–water partition coefficient (Wildman–Crippen LogP) is 4.54. The Hall–Kier alpha value is -2.99. The number of Topliss-reactive ketones (excluding diaryl/α,β-unsaturated/α-hetero) is 1. The molecule has 0 atom stereocenters. The normalized spacial score (nSPS) is 14.1. The number of hydrogen-bond donors (Lipinski definition) is 0. The zero-order valence-corrected chi connectivity index (χ0v) is 18.1. The Morgan fingerprint density at radius 2 is 1.63 bits per heavy atom. The first-order chi connectivity index (χ1) is 14.5. The number of nitrogens with zero attached hydrogens (tertiary/aromatic N) is 3. The van der Waals surface area contributed by atoms with Gasteiger partial charge < -0.3 is 9.80 Å². The maximum atomic E-state index is 12.9. The van der Waals surface area contributed by atoms with Crippen LogP contribution in [0.5, 0.6) is 0 Å². The van der Waals surface area contributed by atoms with Crippen molar-refractivity contribution in [2.45, 2.75) is 20.3 Å². The summed E-state index contributed by atoms with van der Waals surface area (Å²) >= 11 is 1.51. The molecule has 0 bridgehead atoms. The third-order valence-electron chi connectivity index (χ3n) is 5.54. The van der Waals surface area contributed by atoms with E-state index in [9.17, 15) is 9.59 Å². The molecule has 0 aliphatic carbocycles. The number of hydrogen-bond acceptors (Lipinski definition) is 5. The van der Waals surface area contributed by atoms with Crippen LogP contribution in [0.3, 0.4) is 0 Å². The Labute approximate surface area is 181 Å². The monoisotopic (exact) mass is 419 g/mol. The average Bonchev–Trinajstić information content (AvgIpc) is 3.29. The average molecular weight is 420 g/mol. The second-order valence-corrected chi connectivity index (χ2v) is 8.33. The first-order valence-electron chi connectivity index (χ1n) is 10.2.